The minimum Gasteiger partial charge on any atom is -0.452 e. The van der Waals surface area contributed by atoms with Gasteiger partial charge in [-0.3, -0.25) is 4.79 Å². The van der Waals surface area contributed by atoms with E-state index in [1.807, 2.05) is 63.2 Å². The van der Waals surface area contributed by atoms with Crippen molar-refractivity contribution in [2.75, 3.05) is 6.61 Å². The topological polar surface area (TPSA) is 86.1 Å². The first-order valence-corrected chi connectivity index (χ1v) is 10.4. The summed E-state index contributed by atoms with van der Waals surface area (Å²) in [6.07, 6.45) is 3.12. The van der Waals surface area contributed by atoms with Crippen molar-refractivity contribution in [1.82, 2.24) is 20.1 Å². The van der Waals surface area contributed by atoms with Crippen molar-refractivity contribution in [3.05, 3.63) is 76.2 Å². The molecule has 3 aromatic rings. The van der Waals surface area contributed by atoms with Crippen LogP contribution in [0.15, 0.2) is 59.3 Å². The molecule has 0 radical (unpaired) electrons. The zero-order valence-corrected chi connectivity index (χ0v) is 18.6. The highest BCUT2D eigenvalue weighted by atomic mass is 79.9. The number of hydrogen-bond donors (Lipinski definition) is 1. The number of halogens is 1. The Morgan fingerprint density at radius 1 is 1.13 bits per heavy atom. The summed E-state index contributed by atoms with van der Waals surface area (Å²) in [7, 11) is 0. The molecule has 0 bridgehead atoms. The third-order valence-electron chi connectivity index (χ3n) is 4.52. The number of aromatic nitrogens is 3. The molecule has 3 rings (SSSR count). The zero-order chi connectivity index (χ0) is 21.7. The molecule has 1 aromatic carbocycles. The summed E-state index contributed by atoms with van der Waals surface area (Å²) in [6.45, 7) is 5.42. The summed E-state index contributed by atoms with van der Waals surface area (Å²) >= 11 is 3.39. The molecule has 1 atom stereocenters. The molecule has 0 saturated heterocycles. The Balaban J connectivity index is 1.65. The lowest BCUT2D eigenvalue weighted by molar-refractivity contribution is -0.124. The summed E-state index contributed by atoms with van der Waals surface area (Å²) in [4.78, 5) is 29.2. The van der Waals surface area contributed by atoms with E-state index < -0.39 is 5.97 Å². The molecule has 7 nitrogen and oxygen atoms in total. The van der Waals surface area contributed by atoms with Crippen LogP contribution in [0.25, 0.3) is 5.82 Å². The van der Waals surface area contributed by atoms with Crippen LogP contribution in [0.2, 0.25) is 0 Å². The highest BCUT2D eigenvalue weighted by Gasteiger charge is 2.23. The molecule has 0 saturated carbocycles. The highest BCUT2D eigenvalue weighted by Crippen LogP contribution is 2.23. The van der Waals surface area contributed by atoms with E-state index in [4.69, 9.17) is 4.74 Å². The molecule has 0 aliphatic rings. The molecule has 2 aromatic heterocycles. The predicted molar refractivity (Wildman–Crippen MR) is 116 cm³/mol. The van der Waals surface area contributed by atoms with E-state index in [1.165, 1.54) is 6.20 Å². The lowest BCUT2D eigenvalue weighted by atomic mass is 10.1. The molecule has 1 amide bonds. The van der Waals surface area contributed by atoms with Crippen LogP contribution in [0.4, 0.5) is 0 Å². The van der Waals surface area contributed by atoms with Crippen LogP contribution in [-0.2, 0) is 9.53 Å². The van der Waals surface area contributed by atoms with E-state index in [9.17, 15) is 9.59 Å². The molecular formula is C22H23BrN4O3. The first-order chi connectivity index (χ1) is 14.4. The number of rotatable bonds is 7. The molecule has 156 valence electrons. The molecule has 1 N–H and O–H groups in total. The molecule has 2 heterocycles. The monoisotopic (exact) mass is 470 g/mol. The van der Waals surface area contributed by atoms with Crippen molar-refractivity contribution in [1.29, 1.82) is 0 Å². The first-order valence-electron chi connectivity index (χ1n) is 9.58. The van der Waals surface area contributed by atoms with E-state index in [0.29, 0.717) is 17.1 Å². The molecule has 8 heteroatoms. The van der Waals surface area contributed by atoms with Gasteiger partial charge in [0.2, 0.25) is 0 Å². The number of esters is 1. The van der Waals surface area contributed by atoms with Gasteiger partial charge in [-0.1, -0.05) is 48.0 Å². The van der Waals surface area contributed by atoms with Crippen LogP contribution in [0.3, 0.4) is 0 Å². The Bertz CT molecular complexity index is 1020. The Hall–Kier alpha value is -3.00. The molecule has 0 aliphatic heterocycles. The fourth-order valence-electron chi connectivity index (χ4n) is 3.06. The van der Waals surface area contributed by atoms with Gasteiger partial charge in [0.05, 0.1) is 17.9 Å². The van der Waals surface area contributed by atoms with Crippen LogP contribution >= 0.6 is 15.9 Å². The third kappa shape index (κ3) is 5.13. The Labute approximate surface area is 183 Å². The third-order valence-corrected chi connectivity index (χ3v) is 5.05. The SMILES string of the molecule is CC(C)c1c(C(=O)OCC(=O)NC(C)c2ccc(Br)cc2)cnn1-c1ccccn1. The smallest absolute Gasteiger partial charge is 0.342 e. The second kappa shape index (κ2) is 9.67. The molecule has 30 heavy (non-hydrogen) atoms. The summed E-state index contributed by atoms with van der Waals surface area (Å²) in [5, 5.41) is 7.13. The summed E-state index contributed by atoms with van der Waals surface area (Å²) in [5.41, 5.74) is 1.96. The number of nitrogens with one attached hydrogen (secondary N) is 1. The average molecular weight is 471 g/mol. The molecule has 0 aliphatic carbocycles. The summed E-state index contributed by atoms with van der Waals surface area (Å²) < 4.78 is 7.84. The molecule has 0 fully saturated rings. The second-order valence-corrected chi connectivity index (χ2v) is 8.03. The highest BCUT2D eigenvalue weighted by molar-refractivity contribution is 9.10. The van der Waals surface area contributed by atoms with E-state index in [2.05, 4.69) is 31.3 Å². The first kappa shape index (κ1) is 21.7. The van der Waals surface area contributed by atoms with Gasteiger partial charge in [0.15, 0.2) is 12.4 Å². The van der Waals surface area contributed by atoms with Gasteiger partial charge in [-0.2, -0.15) is 5.10 Å². The molecule has 1 unspecified atom stereocenters. The lowest BCUT2D eigenvalue weighted by Gasteiger charge is -2.15. The summed E-state index contributed by atoms with van der Waals surface area (Å²) in [6, 6.07) is 12.9. The van der Waals surface area contributed by atoms with Gasteiger partial charge in [-0.05, 0) is 42.7 Å². The average Bonchev–Trinajstić information content (AvgIpc) is 3.19. The fourth-order valence-corrected chi connectivity index (χ4v) is 3.32. The van der Waals surface area contributed by atoms with Crippen LogP contribution in [0.1, 0.15) is 54.3 Å². The van der Waals surface area contributed by atoms with Crippen molar-refractivity contribution in [3.63, 3.8) is 0 Å². The maximum atomic E-state index is 12.6. The number of carbonyl (C=O) groups is 2. The van der Waals surface area contributed by atoms with E-state index in [1.54, 1.807) is 10.9 Å². The van der Waals surface area contributed by atoms with Gasteiger partial charge in [0, 0.05) is 10.7 Å². The Morgan fingerprint density at radius 2 is 1.87 bits per heavy atom. The standard InChI is InChI=1S/C22H23BrN4O3/c1-14(2)21-18(12-25-27(21)19-6-4-5-11-24-19)22(29)30-13-20(28)26-15(3)16-7-9-17(23)10-8-16/h4-12,14-15H,13H2,1-3H3,(H,26,28). The van der Waals surface area contributed by atoms with Gasteiger partial charge in [-0.15, -0.1) is 0 Å². The minimum absolute atomic E-state index is 0.00306. The van der Waals surface area contributed by atoms with Crippen molar-refractivity contribution < 1.29 is 14.3 Å². The van der Waals surface area contributed by atoms with Crippen LogP contribution < -0.4 is 5.32 Å². The predicted octanol–water partition coefficient (Wildman–Crippen LogP) is 4.19. The number of benzene rings is 1. The number of carbonyl (C=O) groups excluding carboxylic acids is 2. The Morgan fingerprint density at radius 3 is 2.50 bits per heavy atom. The van der Waals surface area contributed by atoms with Crippen LogP contribution in [0, 0.1) is 0 Å². The number of pyridine rings is 1. The van der Waals surface area contributed by atoms with E-state index in [-0.39, 0.29) is 24.5 Å². The minimum atomic E-state index is -0.590. The van der Waals surface area contributed by atoms with Gasteiger partial charge in [0.25, 0.3) is 5.91 Å². The number of ether oxygens (including phenoxy) is 1. The van der Waals surface area contributed by atoms with Crippen molar-refractivity contribution >= 4 is 27.8 Å². The quantitative estimate of drug-likeness (QED) is 0.523. The van der Waals surface area contributed by atoms with Crippen molar-refractivity contribution in [2.45, 2.75) is 32.7 Å². The van der Waals surface area contributed by atoms with Crippen molar-refractivity contribution in [2.24, 2.45) is 0 Å². The lowest BCUT2D eigenvalue weighted by Crippen LogP contribution is -2.31. The Kier molecular flexibility index (Phi) is 6.99. The number of nitrogens with zero attached hydrogens (tertiary/aromatic N) is 3. The van der Waals surface area contributed by atoms with Gasteiger partial charge >= 0.3 is 5.97 Å². The molecule has 0 spiro atoms. The number of amides is 1. The fraction of sp³-hybridized carbons (Fsp3) is 0.273. The zero-order valence-electron chi connectivity index (χ0n) is 17.0. The number of hydrogen-bond acceptors (Lipinski definition) is 5. The second-order valence-electron chi connectivity index (χ2n) is 7.11. The van der Waals surface area contributed by atoms with E-state index in [0.717, 1.165) is 10.0 Å². The maximum absolute atomic E-state index is 12.6. The normalized spacial score (nSPS) is 11.9. The van der Waals surface area contributed by atoms with Crippen LogP contribution in [0.5, 0.6) is 0 Å². The summed E-state index contributed by atoms with van der Waals surface area (Å²) in [5.74, 6) is -0.348. The largest absolute Gasteiger partial charge is 0.452 e. The van der Waals surface area contributed by atoms with Gasteiger partial charge < -0.3 is 10.1 Å². The maximum Gasteiger partial charge on any atom is 0.342 e. The molecular weight excluding hydrogens is 448 g/mol. The van der Waals surface area contributed by atoms with Crippen LogP contribution in [-0.4, -0.2) is 33.2 Å². The van der Waals surface area contributed by atoms with E-state index >= 15 is 0 Å². The van der Waals surface area contributed by atoms with Gasteiger partial charge in [0.1, 0.15) is 5.56 Å². The van der Waals surface area contributed by atoms with Gasteiger partial charge in [-0.25, -0.2) is 14.5 Å². The van der Waals surface area contributed by atoms with Crippen molar-refractivity contribution in [3.8, 4) is 5.82 Å².